The second-order valence-electron chi connectivity index (χ2n) is 3.47. The van der Waals surface area contributed by atoms with Crippen LogP contribution in [0.15, 0.2) is 9.26 Å². The van der Waals surface area contributed by atoms with E-state index < -0.39 is 0 Å². The van der Waals surface area contributed by atoms with Crippen molar-refractivity contribution in [3.63, 3.8) is 0 Å². The maximum atomic E-state index is 4.98. The van der Waals surface area contributed by atoms with E-state index in [4.69, 9.17) is 4.52 Å². The number of rotatable bonds is 7. The minimum absolute atomic E-state index is 0.554. The van der Waals surface area contributed by atoms with Crippen LogP contribution in [0.3, 0.4) is 0 Å². The van der Waals surface area contributed by atoms with E-state index in [1.807, 2.05) is 0 Å². The van der Waals surface area contributed by atoms with Gasteiger partial charge in [-0.2, -0.15) is 4.98 Å². The van der Waals surface area contributed by atoms with Gasteiger partial charge < -0.3 is 4.52 Å². The van der Waals surface area contributed by atoms with Crippen LogP contribution in [-0.2, 0) is 6.42 Å². The molecule has 0 saturated heterocycles. The first-order chi connectivity index (χ1) is 6.83. The summed E-state index contributed by atoms with van der Waals surface area (Å²) in [6, 6.07) is 0. The molecule has 0 spiro atoms. The number of unbranched alkanes of at least 4 members (excludes halogenated alkanes) is 5. The van der Waals surface area contributed by atoms with Gasteiger partial charge in [-0.15, -0.1) is 0 Å². The highest BCUT2D eigenvalue weighted by Gasteiger charge is 2.02. The Bertz CT molecular complexity index is 250. The third kappa shape index (κ3) is 4.74. The fraction of sp³-hybridized carbons (Fsp3) is 0.800. The quantitative estimate of drug-likeness (QED) is 0.702. The third-order valence-electron chi connectivity index (χ3n) is 2.19. The second kappa shape index (κ2) is 6.98. The molecule has 3 nitrogen and oxygen atoms in total. The molecule has 1 heterocycles. The maximum Gasteiger partial charge on any atom is 0.238 e. The van der Waals surface area contributed by atoms with Crippen molar-refractivity contribution >= 4 is 15.9 Å². The summed E-state index contributed by atoms with van der Waals surface area (Å²) >= 11 is 3.16. The van der Waals surface area contributed by atoms with Gasteiger partial charge in [0.05, 0.1) is 0 Å². The average molecular weight is 261 g/mol. The topological polar surface area (TPSA) is 38.9 Å². The largest absolute Gasteiger partial charge is 0.338 e. The van der Waals surface area contributed by atoms with Crippen LogP contribution in [0, 0.1) is 0 Å². The molecule has 4 heteroatoms. The van der Waals surface area contributed by atoms with Gasteiger partial charge >= 0.3 is 0 Å². The molecular formula is C10H17BrN2O. The van der Waals surface area contributed by atoms with Crippen LogP contribution in [0.5, 0.6) is 0 Å². The first kappa shape index (κ1) is 11.7. The SMILES string of the molecule is CCCCCCCCc1nc(Br)no1. The van der Waals surface area contributed by atoms with Crippen LogP contribution in [0.4, 0.5) is 0 Å². The maximum absolute atomic E-state index is 4.98. The Kier molecular flexibility index (Phi) is 5.83. The first-order valence-corrected chi connectivity index (χ1v) is 6.10. The molecule has 0 aliphatic carbocycles. The minimum Gasteiger partial charge on any atom is -0.338 e. The van der Waals surface area contributed by atoms with Gasteiger partial charge in [0.2, 0.25) is 10.6 Å². The summed E-state index contributed by atoms with van der Waals surface area (Å²) in [5, 5.41) is 3.68. The molecule has 0 aromatic carbocycles. The van der Waals surface area contributed by atoms with Gasteiger partial charge in [0.1, 0.15) is 0 Å². The van der Waals surface area contributed by atoms with Crippen LogP contribution < -0.4 is 0 Å². The summed E-state index contributed by atoms with van der Waals surface area (Å²) in [5.41, 5.74) is 0. The van der Waals surface area contributed by atoms with Gasteiger partial charge in [-0.3, -0.25) is 0 Å². The van der Waals surface area contributed by atoms with Crippen LogP contribution in [-0.4, -0.2) is 10.1 Å². The monoisotopic (exact) mass is 260 g/mol. The van der Waals surface area contributed by atoms with E-state index in [0.29, 0.717) is 4.73 Å². The van der Waals surface area contributed by atoms with Crippen molar-refractivity contribution in [1.82, 2.24) is 10.1 Å². The number of aromatic nitrogens is 2. The molecule has 1 aromatic rings. The molecule has 1 aromatic heterocycles. The van der Waals surface area contributed by atoms with E-state index in [0.717, 1.165) is 18.7 Å². The Morgan fingerprint density at radius 2 is 1.86 bits per heavy atom. The van der Waals surface area contributed by atoms with Gasteiger partial charge in [-0.05, 0) is 27.5 Å². The molecule has 0 aliphatic heterocycles. The Labute approximate surface area is 93.4 Å². The van der Waals surface area contributed by atoms with Crippen molar-refractivity contribution in [1.29, 1.82) is 0 Å². The second-order valence-corrected chi connectivity index (χ2v) is 4.18. The lowest BCUT2D eigenvalue weighted by Crippen LogP contribution is -1.86. The Morgan fingerprint density at radius 3 is 2.50 bits per heavy atom. The molecule has 0 atom stereocenters. The number of halogens is 1. The molecule has 0 aliphatic rings. The highest BCUT2D eigenvalue weighted by Crippen LogP contribution is 2.10. The standard InChI is InChI=1S/C10H17BrN2O/c1-2-3-4-5-6-7-8-9-12-10(11)13-14-9/h2-8H2,1H3. The first-order valence-electron chi connectivity index (χ1n) is 5.31. The van der Waals surface area contributed by atoms with E-state index in [2.05, 4.69) is 33.0 Å². The van der Waals surface area contributed by atoms with Gasteiger partial charge in [0, 0.05) is 6.42 Å². The van der Waals surface area contributed by atoms with Crippen molar-refractivity contribution in [2.75, 3.05) is 0 Å². The van der Waals surface area contributed by atoms with Gasteiger partial charge in [-0.1, -0.05) is 39.0 Å². The number of hydrogen-bond acceptors (Lipinski definition) is 3. The average Bonchev–Trinajstić information content (AvgIpc) is 2.58. The normalized spacial score (nSPS) is 10.7. The van der Waals surface area contributed by atoms with Crippen molar-refractivity contribution in [2.24, 2.45) is 0 Å². The highest BCUT2D eigenvalue weighted by molar-refractivity contribution is 9.10. The molecule has 0 amide bonds. The molecule has 0 fully saturated rings. The van der Waals surface area contributed by atoms with E-state index in [1.165, 1.54) is 32.1 Å². The van der Waals surface area contributed by atoms with E-state index in [-0.39, 0.29) is 0 Å². The van der Waals surface area contributed by atoms with Crippen molar-refractivity contribution in [3.8, 4) is 0 Å². The van der Waals surface area contributed by atoms with E-state index >= 15 is 0 Å². The lowest BCUT2D eigenvalue weighted by molar-refractivity contribution is 0.370. The van der Waals surface area contributed by atoms with Crippen LogP contribution in [0.1, 0.15) is 51.3 Å². The number of nitrogens with zero attached hydrogens (tertiary/aromatic N) is 2. The molecular weight excluding hydrogens is 244 g/mol. The molecule has 1 rings (SSSR count). The summed E-state index contributed by atoms with van der Waals surface area (Å²) < 4.78 is 5.54. The molecule has 0 N–H and O–H groups in total. The van der Waals surface area contributed by atoms with Gasteiger partial charge in [-0.25, -0.2) is 0 Å². The summed E-state index contributed by atoms with van der Waals surface area (Å²) in [6.45, 7) is 2.23. The Balaban J connectivity index is 1.99. The zero-order valence-electron chi connectivity index (χ0n) is 8.63. The smallest absolute Gasteiger partial charge is 0.238 e. The van der Waals surface area contributed by atoms with E-state index in [9.17, 15) is 0 Å². The predicted molar refractivity (Wildman–Crippen MR) is 59.1 cm³/mol. The Morgan fingerprint density at radius 1 is 1.14 bits per heavy atom. The predicted octanol–water partition coefficient (Wildman–Crippen LogP) is 3.74. The van der Waals surface area contributed by atoms with Crippen LogP contribution in [0.2, 0.25) is 0 Å². The van der Waals surface area contributed by atoms with Crippen molar-refractivity contribution in [2.45, 2.75) is 51.9 Å². The zero-order chi connectivity index (χ0) is 10.2. The Hall–Kier alpha value is -0.380. The van der Waals surface area contributed by atoms with Crippen molar-refractivity contribution < 1.29 is 4.52 Å². The van der Waals surface area contributed by atoms with E-state index in [1.54, 1.807) is 0 Å². The van der Waals surface area contributed by atoms with Gasteiger partial charge in [0.15, 0.2) is 0 Å². The highest BCUT2D eigenvalue weighted by atomic mass is 79.9. The zero-order valence-corrected chi connectivity index (χ0v) is 10.2. The molecule has 0 unspecified atom stereocenters. The summed E-state index contributed by atoms with van der Waals surface area (Å²) in [5.74, 6) is 0.743. The molecule has 0 saturated carbocycles. The number of aryl methyl sites for hydroxylation is 1. The fourth-order valence-electron chi connectivity index (χ4n) is 1.39. The molecule has 14 heavy (non-hydrogen) atoms. The third-order valence-corrected chi connectivity index (χ3v) is 2.51. The summed E-state index contributed by atoms with van der Waals surface area (Å²) in [6.07, 6.45) is 8.65. The summed E-state index contributed by atoms with van der Waals surface area (Å²) in [4.78, 5) is 4.08. The molecule has 0 bridgehead atoms. The van der Waals surface area contributed by atoms with Gasteiger partial charge in [0.25, 0.3) is 0 Å². The van der Waals surface area contributed by atoms with Crippen molar-refractivity contribution in [3.05, 3.63) is 10.6 Å². The lowest BCUT2D eigenvalue weighted by Gasteiger charge is -1.97. The fourth-order valence-corrected chi connectivity index (χ4v) is 1.66. The lowest BCUT2D eigenvalue weighted by atomic mass is 10.1. The molecule has 0 radical (unpaired) electrons. The summed E-state index contributed by atoms with van der Waals surface area (Å²) in [7, 11) is 0. The molecule has 80 valence electrons. The minimum atomic E-state index is 0.554. The number of hydrogen-bond donors (Lipinski definition) is 0. The van der Waals surface area contributed by atoms with Crippen LogP contribution >= 0.6 is 15.9 Å². The van der Waals surface area contributed by atoms with Crippen LogP contribution in [0.25, 0.3) is 0 Å².